The Morgan fingerprint density at radius 3 is 2.35 bits per heavy atom. The first-order valence-corrected chi connectivity index (χ1v) is 5.90. The summed E-state index contributed by atoms with van der Waals surface area (Å²) in [5.41, 5.74) is 0.529. The minimum Gasteiger partial charge on any atom is -0.380 e. The first-order chi connectivity index (χ1) is 9.50. The summed E-state index contributed by atoms with van der Waals surface area (Å²) >= 11 is 0. The van der Waals surface area contributed by atoms with E-state index in [1.165, 1.54) is 6.07 Å². The van der Waals surface area contributed by atoms with Crippen molar-refractivity contribution < 1.29 is 13.2 Å². The molecule has 0 aliphatic rings. The Labute approximate surface area is 114 Å². The topological polar surface area (TPSA) is 35.8 Å². The van der Waals surface area contributed by atoms with Gasteiger partial charge in [0.2, 0.25) is 0 Å². The van der Waals surface area contributed by atoms with Crippen LogP contribution in [0.5, 0.6) is 0 Å². The molecule has 5 heteroatoms. The lowest BCUT2D eigenvalue weighted by molar-refractivity contribution is -0.137. The van der Waals surface area contributed by atoms with Crippen molar-refractivity contribution in [3.63, 3.8) is 0 Å². The van der Waals surface area contributed by atoms with Crippen molar-refractivity contribution in [1.29, 1.82) is 5.26 Å². The molecule has 0 heterocycles. The number of halogens is 3. The van der Waals surface area contributed by atoms with Gasteiger partial charge in [-0.05, 0) is 23.8 Å². The molecule has 2 aromatic carbocycles. The second-order valence-corrected chi connectivity index (χ2v) is 4.21. The van der Waals surface area contributed by atoms with Crippen LogP contribution in [-0.2, 0) is 12.7 Å². The number of nitriles is 1. The number of hydrogen-bond acceptors (Lipinski definition) is 2. The smallest absolute Gasteiger partial charge is 0.380 e. The van der Waals surface area contributed by atoms with Crippen molar-refractivity contribution in [2.75, 3.05) is 5.32 Å². The third-order valence-corrected chi connectivity index (χ3v) is 2.79. The molecule has 0 atom stereocenters. The van der Waals surface area contributed by atoms with Crippen LogP contribution < -0.4 is 5.32 Å². The second-order valence-electron chi connectivity index (χ2n) is 4.21. The van der Waals surface area contributed by atoms with Crippen molar-refractivity contribution in [2.45, 2.75) is 12.7 Å². The van der Waals surface area contributed by atoms with Crippen molar-refractivity contribution >= 4 is 5.69 Å². The second kappa shape index (κ2) is 5.66. The van der Waals surface area contributed by atoms with Gasteiger partial charge in [-0.1, -0.05) is 30.3 Å². The van der Waals surface area contributed by atoms with E-state index >= 15 is 0 Å². The lowest BCUT2D eigenvalue weighted by Crippen LogP contribution is -2.07. The number of anilines is 1. The van der Waals surface area contributed by atoms with Gasteiger partial charge in [-0.25, -0.2) is 0 Å². The van der Waals surface area contributed by atoms with Gasteiger partial charge in [-0.15, -0.1) is 0 Å². The summed E-state index contributed by atoms with van der Waals surface area (Å²) in [4.78, 5) is 0. The fraction of sp³-hybridized carbons (Fsp3) is 0.133. The molecule has 0 spiro atoms. The lowest BCUT2D eigenvalue weighted by Gasteiger charge is -2.12. The maximum Gasteiger partial charge on any atom is 0.416 e. The molecule has 2 nitrogen and oxygen atoms in total. The predicted octanol–water partition coefficient (Wildman–Crippen LogP) is 4.19. The van der Waals surface area contributed by atoms with Crippen LogP contribution in [0, 0.1) is 11.3 Å². The highest BCUT2D eigenvalue weighted by Gasteiger charge is 2.31. The van der Waals surface area contributed by atoms with Gasteiger partial charge < -0.3 is 5.32 Å². The van der Waals surface area contributed by atoms with Gasteiger partial charge in [0.15, 0.2) is 0 Å². The molecule has 0 aliphatic heterocycles. The first-order valence-electron chi connectivity index (χ1n) is 5.90. The molecule has 0 saturated heterocycles. The van der Waals surface area contributed by atoms with Crippen LogP contribution in [0.15, 0.2) is 48.5 Å². The van der Waals surface area contributed by atoms with Crippen molar-refractivity contribution in [1.82, 2.24) is 0 Å². The van der Waals surface area contributed by atoms with Crippen LogP contribution in [0.25, 0.3) is 0 Å². The Morgan fingerprint density at radius 1 is 1.05 bits per heavy atom. The summed E-state index contributed by atoms with van der Waals surface area (Å²) < 4.78 is 38.0. The van der Waals surface area contributed by atoms with E-state index in [4.69, 9.17) is 5.26 Å². The van der Waals surface area contributed by atoms with E-state index in [0.717, 1.165) is 17.7 Å². The summed E-state index contributed by atoms with van der Waals surface area (Å²) in [6, 6.07) is 14.2. The molecule has 0 fully saturated rings. The molecular formula is C15H11F3N2. The predicted molar refractivity (Wildman–Crippen MR) is 69.9 cm³/mol. The van der Waals surface area contributed by atoms with E-state index in [1.54, 1.807) is 0 Å². The molecular weight excluding hydrogens is 265 g/mol. The average molecular weight is 276 g/mol. The number of nitrogens with one attached hydrogen (secondary N) is 1. The number of nitrogens with zero attached hydrogens (tertiary/aromatic N) is 1. The van der Waals surface area contributed by atoms with Crippen LogP contribution in [0.3, 0.4) is 0 Å². The zero-order valence-corrected chi connectivity index (χ0v) is 10.4. The molecule has 0 radical (unpaired) electrons. The molecule has 2 rings (SSSR count). The molecule has 0 unspecified atom stereocenters. The summed E-state index contributed by atoms with van der Waals surface area (Å²) in [6.07, 6.45) is -4.42. The van der Waals surface area contributed by atoms with Crippen LogP contribution in [0.4, 0.5) is 18.9 Å². The molecule has 2 aromatic rings. The third kappa shape index (κ3) is 3.29. The number of alkyl halides is 3. The van der Waals surface area contributed by atoms with E-state index < -0.39 is 11.7 Å². The van der Waals surface area contributed by atoms with Crippen LogP contribution in [-0.4, -0.2) is 0 Å². The Kier molecular flexibility index (Phi) is 3.94. The summed E-state index contributed by atoms with van der Waals surface area (Å²) in [7, 11) is 0. The Bertz CT molecular complexity index is 628. The molecule has 0 aliphatic carbocycles. The fourth-order valence-electron chi connectivity index (χ4n) is 1.76. The maximum atomic E-state index is 12.7. The van der Waals surface area contributed by atoms with E-state index in [0.29, 0.717) is 6.54 Å². The normalized spacial score (nSPS) is 10.9. The maximum absolute atomic E-state index is 12.7. The van der Waals surface area contributed by atoms with Gasteiger partial charge in [0.05, 0.1) is 16.8 Å². The highest BCUT2D eigenvalue weighted by molar-refractivity contribution is 5.59. The number of rotatable bonds is 3. The number of hydrogen-bond donors (Lipinski definition) is 1. The molecule has 20 heavy (non-hydrogen) atoms. The quantitative estimate of drug-likeness (QED) is 0.912. The standard InChI is InChI=1S/C15H11F3N2/c16-15(17,18)13-7-6-12(9-19)14(8-13)20-10-11-4-2-1-3-5-11/h1-8,20H,10H2. The van der Waals surface area contributed by atoms with Crippen LogP contribution in [0.1, 0.15) is 16.7 Å². The zero-order chi connectivity index (χ0) is 14.6. The highest BCUT2D eigenvalue weighted by Crippen LogP contribution is 2.32. The monoisotopic (exact) mass is 276 g/mol. The average Bonchev–Trinajstić information content (AvgIpc) is 2.45. The SMILES string of the molecule is N#Cc1ccc(C(F)(F)F)cc1NCc1ccccc1. The highest BCUT2D eigenvalue weighted by atomic mass is 19.4. The zero-order valence-electron chi connectivity index (χ0n) is 10.4. The molecule has 1 N–H and O–H groups in total. The molecule has 0 saturated carbocycles. The summed E-state index contributed by atoms with van der Waals surface area (Å²) in [5, 5.41) is 11.8. The van der Waals surface area contributed by atoms with E-state index in [-0.39, 0.29) is 11.3 Å². The van der Waals surface area contributed by atoms with E-state index in [9.17, 15) is 13.2 Å². The van der Waals surface area contributed by atoms with E-state index in [2.05, 4.69) is 5.32 Å². The molecule has 102 valence electrons. The van der Waals surface area contributed by atoms with Crippen LogP contribution >= 0.6 is 0 Å². The first kappa shape index (κ1) is 13.9. The van der Waals surface area contributed by atoms with Gasteiger partial charge in [0, 0.05) is 6.54 Å². The van der Waals surface area contributed by atoms with E-state index in [1.807, 2.05) is 36.4 Å². The Morgan fingerprint density at radius 2 is 1.75 bits per heavy atom. The van der Waals surface area contributed by atoms with Gasteiger partial charge in [-0.3, -0.25) is 0 Å². The lowest BCUT2D eigenvalue weighted by atomic mass is 10.1. The van der Waals surface area contributed by atoms with Crippen molar-refractivity contribution in [3.05, 3.63) is 65.2 Å². The summed E-state index contributed by atoms with van der Waals surface area (Å²) in [6.45, 7) is 0.358. The minimum absolute atomic E-state index is 0.186. The molecule has 0 bridgehead atoms. The van der Waals surface area contributed by atoms with Crippen LogP contribution in [0.2, 0.25) is 0 Å². The molecule has 0 aromatic heterocycles. The van der Waals surface area contributed by atoms with Gasteiger partial charge in [0.1, 0.15) is 6.07 Å². The third-order valence-electron chi connectivity index (χ3n) is 2.79. The largest absolute Gasteiger partial charge is 0.416 e. The Hall–Kier alpha value is -2.48. The van der Waals surface area contributed by atoms with Gasteiger partial charge in [0.25, 0.3) is 0 Å². The fourth-order valence-corrected chi connectivity index (χ4v) is 1.76. The molecule has 0 amide bonds. The van der Waals surface area contributed by atoms with Crippen molar-refractivity contribution in [3.8, 4) is 6.07 Å². The number of benzene rings is 2. The minimum atomic E-state index is -4.42. The summed E-state index contributed by atoms with van der Waals surface area (Å²) in [5.74, 6) is 0. The Balaban J connectivity index is 2.24. The van der Waals surface area contributed by atoms with Gasteiger partial charge >= 0.3 is 6.18 Å². The van der Waals surface area contributed by atoms with Gasteiger partial charge in [-0.2, -0.15) is 18.4 Å². The van der Waals surface area contributed by atoms with Crippen molar-refractivity contribution in [2.24, 2.45) is 0 Å².